The van der Waals surface area contributed by atoms with Gasteiger partial charge >= 0.3 is 5.69 Å². The van der Waals surface area contributed by atoms with Crippen LogP contribution < -0.4 is 10.2 Å². The zero-order valence-electron chi connectivity index (χ0n) is 11.7. The van der Waals surface area contributed by atoms with Gasteiger partial charge in [-0.25, -0.2) is 4.68 Å². The van der Waals surface area contributed by atoms with E-state index >= 15 is 0 Å². The minimum atomic E-state index is -0.296. The summed E-state index contributed by atoms with van der Waals surface area (Å²) in [6.45, 7) is 7.27. The average Bonchev–Trinajstić information content (AvgIpc) is 2.53. The number of nitrogens with one attached hydrogen (secondary N) is 1. The first kappa shape index (κ1) is 13.8. The molecule has 2 heterocycles. The highest BCUT2D eigenvalue weighted by Crippen LogP contribution is 2.35. The summed E-state index contributed by atoms with van der Waals surface area (Å²) in [4.78, 5) is 13.2. The molecule has 0 saturated carbocycles. The van der Waals surface area contributed by atoms with Crippen LogP contribution in [-0.4, -0.2) is 40.9 Å². The van der Waals surface area contributed by atoms with Crippen molar-refractivity contribution < 1.29 is 4.92 Å². The molecular formula is C12H21N5O2. The Balaban J connectivity index is 2.45. The van der Waals surface area contributed by atoms with Crippen LogP contribution in [0.5, 0.6) is 0 Å². The van der Waals surface area contributed by atoms with Crippen molar-refractivity contribution in [3.8, 4) is 0 Å². The predicted octanol–water partition coefficient (Wildman–Crippen LogP) is 1.25. The molecule has 1 N–H and O–H groups in total. The van der Waals surface area contributed by atoms with Gasteiger partial charge in [0.1, 0.15) is 5.69 Å². The molecule has 0 aliphatic carbocycles. The summed E-state index contributed by atoms with van der Waals surface area (Å²) in [5, 5.41) is 19.1. The van der Waals surface area contributed by atoms with E-state index in [-0.39, 0.29) is 16.5 Å². The highest BCUT2D eigenvalue weighted by Gasteiger charge is 2.31. The van der Waals surface area contributed by atoms with Gasteiger partial charge in [0.15, 0.2) is 0 Å². The zero-order valence-corrected chi connectivity index (χ0v) is 11.7. The van der Waals surface area contributed by atoms with E-state index in [4.69, 9.17) is 0 Å². The topological polar surface area (TPSA) is 76.2 Å². The average molecular weight is 267 g/mol. The first-order valence-electron chi connectivity index (χ1n) is 6.69. The van der Waals surface area contributed by atoms with E-state index < -0.39 is 0 Å². The molecule has 2 rings (SSSR count). The lowest BCUT2D eigenvalue weighted by Crippen LogP contribution is -2.30. The third kappa shape index (κ3) is 2.70. The van der Waals surface area contributed by atoms with E-state index in [9.17, 15) is 10.1 Å². The summed E-state index contributed by atoms with van der Waals surface area (Å²) in [6, 6.07) is 0. The third-order valence-electron chi connectivity index (χ3n) is 3.39. The van der Waals surface area contributed by atoms with Crippen LogP contribution in [0.2, 0.25) is 0 Å². The molecule has 1 aromatic rings. The van der Waals surface area contributed by atoms with Gasteiger partial charge in [-0.1, -0.05) is 13.8 Å². The second-order valence-corrected chi connectivity index (χ2v) is 5.18. The van der Waals surface area contributed by atoms with E-state index in [0.29, 0.717) is 11.5 Å². The number of aromatic nitrogens is 2. The maximum absolute atomic E-state index is 11.4. The van der Waals surface area contributed by atoms with Crippen molar-refractivity contribution in [3.05, 3.63) is 15.8 Å². The molecule has 106 valence electrons. The lowest BCUT2D eigenvalue weighted by molar-refractivity contribution is -0.385. The van der Waals surface area contributed by atoms with Gasteiger partial charge in [-0.15, -0.1) is 0 Å². The lowest BCUT2D eigenvalue weighted by Gasteiger charge is -2.21. The Morgan fingerprint density at radius 1 is 1.37 bits per heavy atom. The molecular weight excluding hydrogens is 246 g/mol. The molecule has 19 heavy (non-hydrogen) atoms. The Kier molecular flexibility index (Phi) is 4.04. The molecule has 1 fully saturated rings. The molecule has 1 aromatic heterocycles. The molecule has 1 aliphatic heterocycles. The van der Waals surface area contributed by atoms with Crippen LogP contribution in [-0.2, 0) is 7.05 Å². The van der Waals surface area contributed by atoms with Crippen molar-refractivity contribution in [2.75, 3.05) is 31.1 Å². The summed E-state index contributed by atoms with van der Waals surface area (Å²) in [6.07, 6.45) is 0.985. The number of hydrogen-bond acceptors (Lipinski definition) is 5. The summed E-state index contributed by atoms with van der Waals surface area (Å²) >= 11 is 0. The first-order valence-corrected chi connectivity index (χ1v) is 6.69. The SMILES string of the molecule is CC(C)c1nn(C)c(N2CCCNCC2)c1[N+](=O)[O-]. The predicted molar refractivity (Wildman–Crippen MR) is 73.7 cm³/mol. The number of anilines is 1. The molecule has 7 heteroatoms. The van der Waals surface area contributed by atoms with Crippen LogP contribution >= 0.6 is 0 Å². The molecule has 1 aliphatic rings. The monoisotopic (exact) mass is 267 g/mol. The summed E-state index contributed by atoms with van der Waals surface area (Å²) in [5.74, 6) is 0.683. The van der Waals surface area contributed by atoms with E-state index in [1.54, 1.807) is 11.7 Å². The Morgan fingerprint density at radius 3 is 2.74 bits per heavy atom. The second-order valence-electron chi connectivity index (χ2n) is 5.18. The van der Waals surface area contributed by atoms with Gasteiger partial charge in [0.25, 0.3) is 0 Å². The number of nitrogens with zero attached hydrogens (tertiary/aromatic N) is 4. The molecule has 1 saturated heterocycles. The molecule has 0 atom stereocenters. The normalized spacial score (nSPS) is 16.7. The van der Waals surface area contributed by atoms with Crippen molar-refractivity contribution in [2.45, 2.75) is 26.2 Å². The Hall–Kier alpha value is -1.63. The van der Waals surface area contributed by atoms with Gasteiger partial charge in [0, 0.05) is 32.6 Å². The number of rotatable bonds is 3. The van der Waals surface area contributed by atoms with Gasteiger partial charge in [0.2, 0.25) is 5.82 Å². The smallest absolute Gasteiger partial charge is 0.334 e. The van der Waals surface area contributed by atoms with Crippen LogP contribution in [0.15, 0.2) is 0 Å². The van der Waals surface area contributed by atoms with E-state index in [2.05, 4.69) is 15.3 Å². The molecule has 0 radical (unpaired) electrons. The largest absolute Gasteiger partial charge is 0.350 e. The minimum absolute atomic E-state index is 0.0467. The quantitative estimate of drug-likeness (QED) is 0.659. The van der Waals surface area contributed by atoms with Crippen LogP contribution in [0, 0.1) is 10.1 Å². The Morgan fingerprint density at radius 2 is 2.11 bits per heavy atom. The molecule has 0 bridgehead atoms. The lowest BCUT2D eigenvalue weighted by atomic mass is 10.1. The maximum Gasteiger partial charge on any atom is 0.334 e. The van der Waals surface area contributed by atoms with Gasteiger partial charge in [0.05, 0.1) is 4.92 Å². The van der Waals surface area contributed by atoms with Crippen LogP contribution in [0.1, 0.15) is 31.9 Å². The Labute approximate surface area is 112 Å². The van der Waals surface area contributed by atoms with Crippen LogP contribution in [0.3, 0.4) is 0 Å². The van der Waals surface area contributed by atoms with Crippen molar-refractivity contribution >= 4 is 11.5 Å². The molecule has 0 unspecified atom stereocenters. The fourth-order valence-corrected chi connectivity index (χ4v) is 2.50. The van der Waals surface area contributed by atoms with E-state index in [0.717, 1.165) is 32.6 Å². The van der Waals surface area contributed by atoms with Crippen molar-refractivity contribution in [1.82, 2.24) is 15.1 Å². The number of nitro groups is 1. The fraction of sp³-hybridized carbons (Fsp3) is 0.750. The zero-order chi connectivity index (χ0) is 14.0. The van der Waals surface area contributed by atoms with Gasteiger partial charge in [-0.3, -0.25) is 10.1 Å². The highest BCUT2D eigenvalue weighted by atomic mass is 16.6. The van der Waals surface area contributed by atoms with Crippen molar-refractivity contribution in [3.63, 3.8) is 0 Å². The van der Waals surface area contributed by atoms with Crippen molar-refractivity contribution in [2.24, 2.45) is 7.05 Å². The van der Waals surface area contributed by atoms with Gasteiger partial charge in [-0.2, -0.15) is 5.10 Å². The second kappa shape index (κ2) is 5.56. The van der Waals surface area contributed by atoms with Gasteiger partial charge < -0.3 is 10.2 Å². The third-order valence-corrected chi connectivity index (χ3v) is 3.39. The number of aryl methyl sites for hydroxylation is 1. The molecule has 0 amide bonds. The highest BCUT2D eigenvalue weighted by molar-refractivity contribution is 5.62. The Bertz CT molecular complexity index is 461. The summed E-state index contributed by atoms with van der Waals surface area (Å²) in [7, 11) is 1.78. The molecule has 0 spiro atoms. The van der Waals surface area contributed by atoms with Crippen LogP contribution in [0.25, 0.3) is 0 Å². The number of hydrogen-bond donors (Lipinski definition) is 1. The van der Waals surface area contributed by atoms with Crippen LogP contribution in [0.4, 0.5) is 11.5 Å². The standard InChI is InChI=1S/C12H21N5O2/c1-9(2)10-11(17(18)19)12(15(3)14-10)16-7-4-5-13-6-8-16/h9,13H,4-8H2,1-3H3. The van der Waals surface area contributed by atoms with E-state index in [1.165, 1.54) is 0 Å². The minimum Gasteiger partial charge on any atom is -0.350 e. The first-order chi connectivity index (χ1) is 9.02. The summed E-state index contributed by atoms with van der Waals surface area (Å²) < 4.78 is 1.65. The molecule has 0 aromatic carbocycles. The summed E-state index contributed by atoms with van der Waals surface area (Å²) in [5.41, 5.74) is 0.735. The fourth-order valence-electron chi connectivity index (χ4n) is 2.50. The molecule has 7 nitrogen and oxygen atoms in total. The maximum atomic E-state index is 11.4. The van der Waals surface area contributed by atoms with Gasteiger partial charge in [-0.05, 0) is 13.0 Å². The van der Waals surface area contributed by atoms with Crippen molar-refractivity contribution in [1.29, 1.82) is 0 Å². The van der Waals surface area contributed by atoms with E-state index in [1.807, 2.05) is 13.8 Å².